The summed E-state index contributed by atoms with van der Waals surface area (Å²) >= 11 is 0. The molecule has 0 unspecified atom stereocenters. The minimum absolute atomic E-state index is 0.131. The first-order valence-electron chi connectivity index (χ1n) is 6.63. The Morgan fingerprint density at radius 3 is 2.68 bits per heavy atom. The van der Waals surface area contributed by atoms with Crippen molar-refractivity contribution in [2.75, 3.05) is 0 Å². The summed E-state index contributed by atoms with van der Waals surface area (Å²) in [5, 5.41) is 9.66. The lowest BCUT2D eigenvalue weighted by molar-refractivity contribution is -0.130. The standard InChI is InChI=1S/C15H17N3O/c19-14(16-9-12-10-17-18-11-12)15(7-4-8-15)13-5-2-1-3-6-13/h1-3,5-6,10-11H,4,7-9H2,(H,16,19)(H,17,18). The second-order valence-corrected chi connectivity index (χ2v) is 5.09. The van der Waals surface area contributed by atoms with Gasteiger partial charge in [0.05, 0.1) is 11.6 Å². The molecule has 98 valence electrons. The first-order chi connectivity index (χ1) is 9.31. The van der Waals surface area contributed by atoms with Gasteiger partial charge in [0, 0.05) is 18.3 Å². The number of nitrogens with one attached hydrogen (secondary N) is 2. The fourth-order valence-electron chi connectivity index (χ4n) is 2.66. The summed E-state index contributed by atoms with van der Waals surface area (Å²) < 4.78 is 0. The van der Waals surface area contributed by atoms with E-state index in [1.54, 1.807) is 12.4 Å². The van der Waals surface area contributed by atoms with Crippen molar-refractivity contribution in [2.45, 2.75) is 31.2 Å². The zero-order chi connectivity index (χ0) is 13.1. The average Bonchev–Trinajstić information content (AvgIpc) is 2.89. The molecule has 0 spiro atoms. The molecule has 1 saturated carbocycles. The Morgan fingerprint density at radius 2 is 2.11 bits per heavy atom. The van der Waals surface area contributed by atoms with Crippen LogP contribution in [0.15, 0.2) is 42.7 Å². The van der Waals surface area contributed by atoms with E-state index in [0.717, 1.165) is 30.4 Å². The molecule has 0 bridgehead atoms. The monoisotopic (exact) mass is 255 g/mol. The van der Waals surface area contributed by atoms with Gasteiger partial charge >= 0.3 is 0 Å². The van der Waals surface area contributed by atoms with Crippen LogP contribution < -0.4 is 5.32 Å². The molecule has 2 aromatic rings. The van der Waals surface area contributed by atoms with Crippen molar-refractivity contribution >= 4 is 5.91 Å². The Kier molecular flexibility index (Phi) is 3.07. The van der Waals surface area contributed by atoms with E-state index in [-0.39, 0.29) is 11.3 Å². The number of carbonyl (C=O) groups is 1. The number of aromatic amines is 1. The molecule has 4 nitrogen and oxygen atoms in total. The van der Waals surface area contributed by atoms with Crippen LogP contribution in [0.3, 0.4) is 0 Å². The summed E-state index contributed by atoms with van der Waals surface area (Å²) in [6, 6.07) is 10.1. The molecule has 0 radical (unpaired) electrons. The van der Waals surface area contributed by atoms with E-state index in [2.05, 4.69) is 27.6 Å². The summed E-state index contributed by atoms with van der Waals surface area (Å²) in [7, 11) is 0. The molecule has 0 atom stereocenters. The van der Waals surface area contributed by atoms with E-state index < -0.39 is 0 Å². The van der Waals surface area contributed by atoms with Gasteiger partial charge in [-0.1, -0.05) is 36.8 Å². The van der Waals surface area contributed by atoms with E-state index >= 15 is 0 Å². The molecule has 1 aliphatic rings. The zero-order valence-corrected chi connectivity index (χ0v) is 10.7. The topological polar surface area (TPSA) is 57.8 Å². The van der Waals surface area contributed by atoms with Gasteiger partial charge in [0.1, 0.15) is 0 Å². The predicted molar refractivity (Wildman–Crippen MR) is 72.4 cm³/mol. The third-order valence-electron chi connectivity index (χ3n) is 3.98. The second-order valence-electron chi connectivity index (χ2n) is 5.09. The van der Waals surface area contributed by atoms with Crippen molar-refractivity contribution in [3.05, 3.63) is 53.9 Å². The molecule has 1 aliphatic carbocycles. The van der Waals surface area contributed by atoms with Crippen LogP contribution in [0.25, 0.3) is 0 Å². The first kappa shape index (κ1) is 12.0. The lowest BCUT2D eigenvalue weighted by Crippen LogP contribution is -2.48. The van der Waals surface area contributed by atoms with Gasteiger partial charge in [0.25, 0.3) is 0 Å². The Bertz CT molecular complexity index is 544. The SMILES string of the molecule is O=C(NCc1cn[nH]c1)C1(c2ccccc2)CCC1. The van der Waals surface area contributed by atoms with Crippen molar-refractivity contribution in [2.24, 2.45) is 0 Å². The molecule has 1 fully saturated rings. The number of carbonyl (C=O) groups excluding carboxylic acids is 1. The Hall–Kier alpha value is -2.10. The highest BCUT2D eigenvalue weighted by Crippen LogP contribution is 2.43. The quantitative estimate of drug-likeness (QED) is 0.879. The number of aromatic nitrogens is 2. The third-order valence-corrected chi connectivity index (χ3v) is 3.98. The Labute approximate surface area is 112 Å². The van der Waals surface area contributed by atoms with Gasteiger partial charge in [-0.15, -0.1) is 0 Å². The Morgan fingerprint density at radius 1 is 1.32 bits per heavy atom. The van der Waals surface area contributed by atoms with Crippen molar-refractivity contribution in [1.29, 1.82) is 0 Å². The molecule has 1 heterocycles. The van der Waals surface area contributed by atoms with Crippen LogP contribution in [0.1, 0.15) is 30.4 Å². The molecule has 0 aliphatic heterocycles. The molecule has 2 N–H and O–H groups in total. The van der Waals surface area contributed by atoms with Crippen LogP contribution in [0.4, 0.5) is 0 Å². The Balaban J connectivity index is 1.73. The largest absolute Gasteiger partial charge is 0.351 e. The van der Waals surface area contributed by atoms with Crippen molar-refractivity contribution in [3.63, 3.8) is 0 Å². The number of nitrogens with zero attached hydrogens (tertiary/aromatic N) is 1. The highest BCUT2D eigenvalue weighted by atomic mass is 16.2. The summed E-state index contributed by atoms with van der Waals surface area (Å²) in [4.78, 5) is 12.5. The van der Waals surface area contributed by atoms with Gasteiger partial charge in [0.15, 0.2) is 0 Å². The summed E-state index contributed by atoms with van der Waals surface area (Å²) in [6.45, 7) is 0.532. The molecular formula is C15H17N3O. The van der Waals surface area contributed by atoms with Crippen LogP contribution in [0, 0.1) is 0 Å². The minimum Gasteiger partial charge on any atom is -0.351 e. The summed E-state index contributed by atoms with van der Waals surface area (Å²) in [5.41, 5.74) is 1.81. The number of benzene rings is 1. The van der Waals surface area contributed by atoms with E-state index in [9.17, 15) is 4.79 Å². The fourth-order valence-corrected chi connectivity index (χ4v) is 2.66. The van der Waals surface area contributed by atoms with Crippen LogP contribution in [-0.2, 0) is 16.8 Å². The highest BCUT2D eigenvalue weighted by molar-refractivity contribution is 5.89. The highest BCUT2D eigenvalue weighted by Gasteiger charge is 2.45. The van der Waals surface area contributed by atoms with Gasteiger partial charge in [-0.3, -0.25) is 9.89 Å². The third kappa shape index (κ3) is 2.14. The van der Waals surface area contributed by atoms with Crippen LogP contribution in [0.2, 0.25) is 0 Å². The van der Waals surface area contributed by atoms with Gasteiger partial charge in [0.2, 0.25) is 5.91 Å². The molecule has 1 aromatic carbocycles. The number of amides is 1. The van der Waals surface area contributed by atoms with Crippen LogP contribution in [-0.4, -0.2) is 16.1 Å². The summed E-state index contributed by atoms with van der Waals surface area (Å²) in [5.74, 6) is 0.131. The van der Waals surface area contributed by atoms with Gasteiger partial charge in [-0.05, 0) is 18.4 Å². The van der Waals surface area contributed by atoms with E-state index in [1.165, 1.54) is 0 Å². The van der Waals surface area contributed by atoms with Gasteiger partial charge in [-0.2, -0.15) is 5.10 Å². The smallest absolute Gasteiger partial charge is 0.230 e. The minimum atomic E-state index is -0.314. The fraction of sp³-hybridized carbons (Fsp3) is 0.333. The molecule has 0 saturated heterocycles. The predicted octanol–water partition coefficient (Wildman–Crippen LogP) is 2.15. The molecule has 19 heavy (non-hydrogen) atoms. The van der Waals surface area contributed by atoms with Crippen LogP contribution >= 0.6 is 0 Å². The molecule has 4 heteroatoms. The first-order valence-corrected chi connectivity index (χ1v) is 6.63. The van der Waals surface area contributed by atoms with E-state index in [1.807, 2.05) is 18.2 Å². The van der Waals surface area contributed by atoms with Crippen molar-refractivity contribution in [3.8, 4) is 0 Å². The number of hydrogen-bond acceptors (Lipinski definition) is 2. The maximum Gasteiger partial charge on any atom is 0.230 e. The van der Waals surface area contributed by atoms with E-state index in [0.29, 0.717) is 6.54 Å². The van der Waals surface area contributed by atoms with Gasteiger partial charge < -0.3 is 5.32 Å². The molecule has 1 amide bonds. The maximum absolute atomic E-state index is 12.5. The maximum atomic E-state index is 12.5. The normalized spacial score (nSPS) is 16.6. The average molecular weight is 255 g/mol. The summed E-state index contributed by atoms with van der Waals surface area (Å²) in [6.07, 6.45) is 6.53. The second kappa shape index (κ2) is 4.88. The van der Waals surface area contributed by atoms with Crippen molar-refractivity contribution < 1.29 is 4.79 Å². The molecular weight excluding hydrogens is 238 g/mol. The van der Waals surface area contributed by atoms with E-state index in [4.69, 9.17) is 0 Å². The van der Waals surface area contributed by atoms with Crippen molar-refractivity contribution in [1.82, 2.24) is 15.5 Å². The lowest BCUT2D eigenvalue weighted by Gasteiger charge is -2.40. The van der Waals surface area contributed by atoms with Crippen LogP contribution in [0.5, 0.6) is 0 Å². The number of H-pyrrole nitrogens is 1. The molecule has 3 rings (SSSR count). The zero-order valence-electron chi connectivity index (χ0n) is 10.7. The lowest BCUT2D eigenvalue weighted by atomic mass is 9.64. The molecule has 1 aromatic heterocycles. The van der Waals surface area contributed by atoms with Gasteiger partial charge in [-0.25, -0.2) is 0 Å². The number of rotatable bonds is 4. The number of hydrogen-bond donors (Lipinski definition) is 2.